The lowest BCUT2D eigenvalue weighted by Crippen LogP contribution is -2.52. The molecular formula is C16H27N3. The minimum atomic E-state index is 0.579. The van der Waals surface area contributed by atoms with Gasteiger partial charge in [0, 0.05) is 37.9 Å². The van der Waals surface area contributed by atoms with Crippen LogP contribution in [0.15, 0.2) is 18.2 Å². The van der Waals surface area contributed by atoms with Crippen molar-refractivity contribution in [2.75, 3.05) is 38.5 Å². The van der Waals surface area contributed by atoms with Crippen LogP contribution in [-0.4, -0.2) is 44.2 Å². The number of nitrogens with one attached hydrogen (secondary N) is 2. The predicted octanol–water partition coefficient (Wildman–Crippen LogP) is 2.43. The second-order valence-corrected chi connectivity index (χ2v) is 5.95. The molecule has 0 aliphatic carbocycles. The van der Waals surface area contributed by atoms with E-state index < -0.39 is 0 Å². The molecule has 1 heterocycles. The molecule has 0 spiro atoms. The van der Waals surface area contributed by atoms with Crippen LogP contribution in [0.1, 0.15) is 30.9 Å². The van der Waals surface area contributed by atoms with E-state index in [1.54, 1.807) is 0 Å². The van der Waals surface area contributed by atoms with Gasteiger partial charge in [-0.05, 0) is 37.1 Å². The Bertz CT molecular complexity index is 414. The lowest BCUT2D eigenvalue weighted by atomic mass is 10.0. The topological polar surface area (TPSA) is 27.3 Å². The summed E-state index contributed by atoms with van der Waals surface area (Å²) in [6.07, 6.45) is 0. The molecule has 0 saturated carbocycles. The molecule has 1 aromatic rings. The first-order valence-corrected chi connectivity index (χ1v) is 7.33. The highest BCUT2D eigenvalue weighted by Crippen LogP contribution is 2.22. The van der Waals surface area contributed by atoms with Crippen molar-refractivity contribution in [1.29, 1.82) is 0 Å². The highest BCUT2D eigenvalue weighted by atomic mass is 15.2. The van der Waals surface area contributed by atoms with Crippen LogP contribution in [-0.2, 0) is 0 Å². The van der Waals surface area contributed by atoms with Crippen LogP contribution in [0.2, 0.25) is 0 Å². The molecule has 1 aliphatic rings. The number of hydrogen-bond donors (Lipinski definition) is 2. The van der Waals surface area contributed by atoms with Gasteiger partial charge in [0.1, 0.15) is 0 Å². The maximum absolute atomic E-state index is 3.63. The van der Waals surface area contributed by atoms with E-state index in [-0.39, 0.29) is 0 Å². The monoisotopic (exact) mass is 261 g/mol. The zero-order valence-electron chi connectivity index (χ0n) is 12.7. The van der Waals surface area contributed by atoms with Crippen molar-refractivity contribution >= 4 is 5.69 Å². The van der Waals surface area contributed by atoms with E-state index in [2.05, 4.69) is 61.6 Å². The first-order chi connectivity index (χ1) is 9.08. The Kier molecular flexibility index (Phi) is 4.83. The fourth-order valence-corrected chi connectivity index (χ4v) is 2.51. The predicted molar refractivity (Wildman–Crippen MR) is 83.0 cm³/mol. The van der Waals surface area contributed by atoms with Gasteiger partial charge in [-0.3, -0.25) is 4.90 Å². The molecule has 2 N–H and O–H groups in total. The Morgan fingerprint density at radius 2 is 2.21 bits per heavy atom. The number of piperazine rings is 1. The number of nitrogens with zero attached hydrogens (tertiary/aromatic N) is 1. The van der Waals surface area contributed by atoms with Crippen LogP contribution in [0.5, 0.6) is 0 Å². The maximum Gasteiger partial charge on any atom is 0.0390 e. The molecule has 19 heavy (non-hydrogen) atoms. The van der Waals surface area contributed by atoms with Crippen LogP contribution in [0, 0.1) is 6.92 Å². The third-order valence-electron chi connectivity index (χ3n) is 4.10. The Morgan fingerprint density at radius 1 is 1.42 bits per heavy atom. The summed E-state index contributed by atoms with van der Waals surface area (Å²) < 4.78 is 0. The van der Waals surface area contributed by atoms with Gasteiger partial charge in [0.05, 0.1) is 0 Å². The van der Waals surface area contributed by atoms with Gasteiger partial charge in [0.2, 0.25) is 0 Å². The second kappa shape index (κ2) is 6.40. The summed E-state index contributed by atoms with van der Waals surface area (Å²) in [5, 5.41) is 7.09. The molecular weight excluding hydrogens is 234 g/mol. The number of benzene rings is 1. The Balaban J connectivity index is 2.00. The van der Waals surface area contributed by atoms with E-state index >= 15 is 0 Å². The lowest BCUT2D eigenvalue weighted by Gasteiger charge is -2.33. The fraction of sp³-hybridized carbons (Fsp3) is 0.625. The molecule has 1 aromatic carbocycles. The van der Waals surface area contributed by atoms with Crippen LogP contribution in [0.25, 0.3) is 0 Å². The van der Waals surface area contributed by atoms with Crippen molar-refractivity contribution in [2.45, 2.75) is 32.7 Å². The quantitative estimate of drug-likeness (QED) is 0.872. The highest BCUT2D eigenvalue weighted by Gasteiger charge is 2.18. The van der Waals surface area contributed by atoms with Gasteiger partial charge in [-0.15, -0.1) is 0 Å². The number of aryl methyl sites for hydroxylation is 1. The summed E-state index contributed by atoms with van der Waals surface area (Å²) in [5.74, 6) is 0.583. The minimum absolute atomic E-state index is 0.579. The Hall–Kier alpha value is -1.06. The van der Waals surface area contributed by atoms with Gasteiger partial charge in [-0.2, -0.15) is 0 Å². The van der Waals surface area contributed by atoms with E-state index in [1.165, 1.54) is 16.8 Å². The molecule has 1 aliphatic heterocycles. The molecule has 1 saturated heterocycles. The fourth-order valence-electron chi connectivity index (χ4n) is 2.51. The normalized spacial score (nSPS) is 20.8. The second-order valence-electron chi connectivity index (χ2n) is 5.95. The first kappa shape index (κ1) is 14.4. The van der Waals surface area contributed by atoms with Gasteiger partial charge in [0.25, 0.3) is 0 Å². The van der Waals surface area contributed by atoms with Crippen LogP contribution >= 0.6 is 0 Å². The van der Waals surface area contributed by atoms with E-state index in [4.69, 9.17) is 0 Å². The van der Waals surface area contributed by atoms with Gasteiger partial charge in [-0.1, -0.05) is 26.0 Å². The van der Waals surface area contributed by atoms with Crippen molar-refractivity contribution in [3.8, 4) is 0 Å². The van der Waals surface area contributed by atoms with E-state index in [9.17, 15) is 0 Å². The van der Waals surface area contributed by atoms with Gasteiger partial charge in [-0.25, -0.2) is 0 Å². The molecule has 0 bridgehead atoms. The van der Waals surface area contributed by atoms with Crippen LogP contribution < -0.4 is 10.6 Å². The molecule has 0 radical (unpaired) electrons. The van der Waals surface area contributed by atoms with Crippen LogP contribution in [0.3, 0.4) is 0 Å². The van der Waals surface area contributed by atoms with Gasteiger partial charge >= 0.3 is 0 Å². The average molecular weight is 261 g/mol. The SMILES string of the molecule is Cc1ccc(C(C)C)cc1NCC1CNCCN1C. The summed E-state index contributed by atoms with van der Waals surface area (Å²) >= 11 is 0. The zero-order valence-corrected chi connectivity index (χ0v) is 12.7. The summed E-state index contributed by atoms with van der Waals surface area (Å²) in [5.41, 5.74) is 4.02. The average Bonchev–Trinajstić information content (AvgIpc) is 2.39. The number of likely N-dealkylation sites (N-methyl/N-ethyl adjacent to an activating group) is 1. The standard InChI is InChI=1S/C16H27N3/c1-12(2)14-6-5-13(3)16(9-14)18-11-15-10-17-7-8-19(15)4/h5-6,9,12,15,17-18H,7-8,10-11H2,1-4H3. The van der Waals surface area contributed by atoms with E-state index in [1.807, 2.05) is 0 Å². The highest BCUT2D eigenvalue weighted by molar-refractivity contribution is 5.53. The smallest absolute Gasteiger partial charge is 0.0390 e. The van der Waals surface area contributed by atoms with E-state index in [0.29, 0.717) is 12.0 Å². The van der Waals surface area contributed by atoms with Crippen molar-refractivity contribution in [2.24, 2.45) is 0 Å². The molecule has 3 nitrogen and oxygen atoms in total. The molecule has 1 atom stereocenters. The summed E-state index contributed by atoms with van der Waals surface area (Å²) in [6, 6.07) is 7.34. The van der Waals surface area contributed by atoms with Crippen molar-refractivity contribution in [3.63, 3.8) is 0 Å². The first-order valence-electron chi connectivity index (χ1n) is 7.33. The van der Waals surface area contributed by atoms with Gasteiger partial charge < -0.3 is 10.6 Å². The largest absolute Gasteiger partial charge is 0.383 e. The Morgan fingerprint density at radius 3 is 2.89 bits per heavy atom. The van der Waals surface area contributed by atoms with Gasteiger partial charge in [0.15, 0.2) is 0 Å². The third kappa shape index (κ3) is 3.71. The summed E-state index contributed by atoms with van der Waals surface area (Å²) in [6.45, 7) is 11.0. The molecule has 3 heteroatoms. The summed E-state index contributed by atoms with van der Waals surface area (Å²) in [4.78, 5) is 2.44. The van der Waals surface area contributed by atoms with Crippen molar-refractivity contribution < 1.29 is 0 Å². The van der Waals surface area contributed by atoms with Crippen molar-refractivity contribution in [3.05, 3.63) is 29.3 Å². The maximum atomic E-state index is 3.63. The number of rotatable bonds is 4. The summed E-state index contributed by atoms with van der Waals surface area (Å²) in [7, 11) is 2.21. The number of anilines is 1. The van der Waals surface area contributed by atoms with E-state index in [0.717, 1.165) is 26.2 Å². The molecule has 1 unspecified atom stereocenters. The Labute approximate surface area is 117 Å². The molecule has 0 aromatic heterocycles. The lowest BCUT2D eigenvalue weighted by molar-refractivity contribution is 0.209. The number of hydrogen-bond acceptors (Lipinski definition) is 3. The molecule has 1 fully saturated rings. The minimum Gasteiger partial charge on any atom is -0.383 e. The van der Waals surface area contributed by atoms with Crippen molar-refractivity contribution in [1.82, 2.24) is 10.2 Å². The zero-order chi connectivity index (χ0) is 13.8. The third-order valence-corrected chi connectivity index (χ3v) is 4.10. The van der Waals surface area contributed by atoms with Crippen LogP contribution in [0.4, 0.5) is 5.69 Å². The molecule has 2 rings (SSSR count). The molecule has 106 valence electrons. The molecule has 0 amide bonds.